The van der Waals surface area contributed by atoms with Gasteiger partial charge in [-0.05, 0) is 45.1 Å². The van der Waals surface area contributed by atoms with E-state index in [1.807, 2.05) is 32.1 Å². The normalized spacial score (nSPS) is 15.5. The number of allylic oxidation sites excluding steroid dienone is 6. The van der Waals surface area contributed by atoms with Crippen LogP contribution in [0.2, 0.25) is 0 Å². The molecule has 0 aliphatic heterocycles. The highest BCUT2D eigenvalue weighted by Crippen LogP contribution is 2.34. The fourth-order valence-corrected chi connectivity index (χ4v) is 3.68. The summed E-state index contributed by atoms with van der Waals surface area (Å²) < 4.78 is 27.7. The Morgan fingerprint density at radius 2 is 1.31 bits per heavy atom. The van der Waals surface area contributed by atoms with Crippen molar-refractivity contribution < 1.29 is 28.5 Å². The first-order chi connectivity index (χ1) is 17.4. The van der Waals surface area contributed by atoms with E-state index in [4.69, 9.17) is 23.7 Å². The molecule has 0 spiro atoms. The lowest BCUT2D eigenvalue weighted by Gasteiger charge is -2.28. The van der Waals surface area contributed by atoms with Crippen LogP contribution in [0.5, 0.6) is 0 Å². The van der Waals surface area contributed by atoms with Gasteiger partial charge in [-0.2, -0.15) is 0 Å². The van der Waals surface area contributed by atoms with Crippen LogP contribution in [0.3, 0.4) is 0 Å². The zero-order valence-corrected chi connectivity index (χ0v) is 23.4. The summed E-state index contributed by atoms with van der Waals surface area (Å²) in [6.45, 7) is 16.4. The Labute approximate surface area is 219 Å². The Bertz CT molecular complexity index is 671. The predicted octanol–water partition coefficient (Wildman–Crippen LogP) is 4.67. The fraction of sp³-hybridized carbons (Fsp3) is 0.759. The number of rotatable bonds is 23. The first-order valence-corrected chi connectivity index (χ1v) is 13.6. The van der Waals surface area contributed by atoms with Crippen LogP contribution >= 0.6 is 0 Å². The van der Waals surface area contributed by atoms with Gasteiger partial charge in [-0.3, -0.25) is 4.79 Å². The zero-order valence-electron chi connectivity index (χ0n) is 23.4. The minimum atomic E-state index is -0.520. The van der Waals surface area contributed by atoms with Crippen molar-refractivity contribution in [1.29, 1.82) is 0 Å². The number of Topliss-reactive ketones (excluding diaryl/α,β-unsaturated/α-hetero) is 1. The van der Waals surface area contributed by atoms with E-state index in [-0.39, 0.29) is 17.9 Å². The van der Waals surface area contributed by atoms with Gasteiger partial charge in [-0.1, -0.05) is 51.2 Å². The van der Waals surface area contributed by atoms with Crippen LogP contribution in [0.4, 0.5) is 0 Å². The molecule has 1 aliphatic rings. The summed E-state index contributed by atoms with van der Waals surface area (Å²) in [6, 6.07) is 0. The third kappa shape index (κ3) is 13.3. The minimum absolute atomic E-state index is 0.0945. The third-order valence-electron chi connectivity index (χ3n) is 7.04. The summed E-state index contributed by atoms with van der Waals surface area (Å²) in [4.78, 5) is 12.8. The molecule has 1 unspecified atom stereocenters. The van der Waals surface area contributed by atoms with E-state index in [1.54, 1.807) is 0 Å². The van der Waals surface area contributed by atoms with Gasteiger partial charge in [0.2, 0.25) is 0 Å². The van der Waals surface area contributed by atoms with Gasteiger partial charge in [0.25, 0.3) is 0 Å². The second-order valence-corrected chi connectivity index (χ2v) is 9.49. The van der Waals surface area contributed by atoms with Crippen LogP contribution in [0.25, 0.3) is 0 Å². The first-order valence-electron chi connectivity index (χ1n) is 13.6. The summed E-state index contributed by atoms with van der Waals surface area (Å²) in [5.41, 5.74) is 0.743. The average molecular weight is 510 g/mol. The molecule has 7 heteroatoms. The molecule has 0 saturated carbocycles. The van der Waals surface area contributed by atoms with Crippen LogP contribution in [0.1, 0.15) is 60.3 Å². The van der Waals surface area contributed by atoms with E-state index < -0.39 is 5.41 Å². The molecular formula is C29H51NO6. The van der Waals surface area contributed by atoms with Gasteiger partial charge in [-0.15, -0.1) is 0 Å². The summed E-state index contributed by atoms with van der Waals surface area (Å²) in [5, 5.41) is 3.54. The molecule has 0 aromatic heterocycles. The highest BCUT2D eigenvalue weighted by atomic mass is 16.6. The third-order valence-corrected chi connectivity index (χ3v) is 7.04. The summed E-state index contributed by atoms with van der Waals surface area (Å²) >= 11 is 0. The maximum absolute atomic E-state index is 12.8. The monoisotopic (exact) mass is 509 g/mol. The molecule has 0 amide bonds. The Morgan fingerprint density at radius 3 is 1.83 bits per heavy atom. The fourth-order valence-electron chi connectivity index (χ4n) is 3.68. The summed E-state index contributed by atoms with van der Waals surface area (Å²) in [5.74, 6) is 0.101. The molecule has 208 valence electrons. The van der Waals surface area contributed by atoms with Gasteiger partial charge in [0.1, 0.15) is 6.61 Å². The first kappa shape index (κ1) is 32.7. The van der Waals surface area contributed by atoms with Crippen molar-refractivity contribution in [1.82, 2.24) is 5.32 Å². The second kappa shape index (κ2) is 19.7. The molecular weight excluding hydrogens is 458 g/mol. The van der Waals surface area contributed by atoms with Crippen molar-refractivity contribution in [2.75, 3.05) is 72.6 Å². The molecule has 0 fully saturated rings. The molecule has 1 N–H and O–H groups in total. The number of carbonyl (C=O) groups excluding carboxylic acids is 1. The standard InChI is InChI=1S/C29H51NO6/c1-6-28(4,7-2)30-15-16-32-17-18-33-19-20-34-21-22-35-23-24-36-25-27(31)29(5,8-3)26-13-11-9-10-12-14-26/h9-11,13-14,30H,6-8,12,15-25H2,1-5H3. The maximum atomic E-state index is 12.8. The van der Waals surface area contributed by atoms with Crippen LogP contribution < -0.4 is 5.32 Å². The minimum Gasteiger partial charge on any atom is -0.378 e. The average Bonchev–Trinajstić information content (AvgIpc) is 3.19. The lowest BCUT2D eigenvalue weighted by Crippen LogP contribution is -2.42. The maximum Gasteiger partial charge on any atom is 0.168 e. The molecule has 0 heterocycles. The van der Waals surface area contributed by atoms with Gasteiger partial charge < -0.3 is 29.0 Å². The topological polar surface area (TPSA) is 75.2 Å². The van der Waals surface area contributed by atoms with E-state index in [0.29, 0.717) is 59.5 Å². The lowest BCUT2D eigenvalue weighted by atomic mass is 9.75. The Kier molecular flexibility index (Phi) is 17.9. The lowest BCUT2D eigenvalue weighted by molar-refractivity contribution is -0.131. The van der Waals surface area contributed by atoms with Crippen LogP contribution in [-0.4, -0.2) is 83.9 Å². The SMILES string of the molecule is CCC(C)(CC)NCCOCCOCCOCCOCCOCC(=O)C(C)(CC)C1=CCC=CC=C1. The van der Waals surface area contributed by atoms with Gasteiger partial charge in [0.05, 0.1) is 64.9 Å². The molecule has 1 rings (SSSR count). The predicted molar refractivity (Wildman–Crippen MR) is 145 cm³/mol. The number of nitrogens with one attached hydrogen (secondary N) is 1. The van der Waals surface area contributed by atoms with E-state index in [2.05, 4.69) is 38.2 Å². The quantitative estimate of drug-likeness (QED) is 0.201. The largest absolute Gasteiger partial charge is 0.378 e. The van der Waals surface area contributed by atoms with Gasteiger partial charge in [0.15, 0.2) is 5.78 Å². The van der Waals surface area contributed by atoms with Crippen molar-refractivity contribution in [3.8, 4) is 0 Å². The molecule has 0 saturated heterocycles. The highest BCUT2D eigenvalue weighted by Gasteiger charge is 2.33. The number of hydrogen-bond acceptors (Lipinski definition) is 7. The number of carbonyl (C=O) groups is 1. The van der Waals surface area contributed by atoms with Gasteiger partial charge in [0, 0.05) is 12.1 Å². The van der Waals surface area contributed by atoms with Crippen LogP contribution in [0.15, 0.2) is 36.0 Å². The number of ketones is 1. The number of hydrogen-bond donors (Lipinski definition) is 1. The molecule has 0 radical (unpaired) electrons. The van der Waals surface area contributed by atoms with Crippen molar-refractivity contribution in [3.05, 3.63) is 36.0 Å². The van der Waals surface area contributed by atoms with Crippen molar-refractivity contribution in [3.63, 3.8) is 0 Å². The second-order valence-electron chi connectivity index (χ2n) is 9.49. The Morgan fingerprint density at radius 1 is 0.778 bits per heavy atom. The molecule has 1 aliphatic carbocycles. The van der Waals surface area contributed by atoms with E-state index in [1.165, 1.54) is 0 Å². The molecule has 0 aromatic carbocycles. The van der Waals surface area contributed by atoms with Crippen LogP contribution in [0, 0.1) is 5.41 Å². The van der Waals surface area contributed by atoms with Crippen LogP contribution in [-0.2, 0) is 28.5 Å². The zero-order chi connectivity index (χ0) is 26.5. The van der Waals surface area contributed by atoms with E-state index >= 15 is 0 Å². The van der Waals surface area contributed by atoms with Gasteiger partial charge in [-0.25, -0.2) is 0 Å². The smallest absolute Gasteiger partial charge is 0.168 e. The van der Waals surface area contributed by atoms with E-state index in [0.717, 1.165) is 37.8 Å². The summed E-state index contributed by atoms with van der Waals surface area (Å²) in [7, 11) is 0. The van der Waals surface area contributed by atoms with Crippen molar-refractivity contribution in [2.45, 2.75) is 65.8 Å². The molecule has 7 nitrogen and oxygen atoms in total. The number of ether oxygens (including phenoxy) is 5. The summed E-state index contributed by atoms with van der Waals surface area (Å²) in [6.07, 6.45) is 14.1. The Hall–Kier alpha value is -1.35. The van der Waals surface area contributed by atoms with Crippen molar-refractivity contribution >= 4 is 5.78 Å². The van der Waals surface area contributed by atoms with Gasteiger partial charge >= 0.3 is 0 Å². The van der Waals surface area contributed by atoms with E-state index in [9.17, 15) is 4.79 Å². The Balaban J connectivity index is 1.93. The molecule has 36 heavy (non-hydrogen) atoms. The molecule has 0 aromatic rings. The molecule has 1 atom stereocenters. The molecule has 0 bridgehead atoms. The highest BCUT2D eigenvalue weighted by molar-refractivity contribution is 5.89. The van der Waals surface area contributed by atoms with Crippen molar-refractivity contribution in [2.24, 2.45) is 5.41 Å².